The van der Waals surface area contributed by atoms with Gasteiger partial charge < -0.3 is 19.7 Å². The minimum atomic E-state index is -3.00. The van der Waals surface area contributed by atoms with Crippen LogP contribution < -0.4 is 10.8 Å². The fourth-order valence-electron chi connectivity index (χ4n) is 3.32. The maximum absolute atomic E-state index is 13.7. The Balaban J connectivity index is 1.79. The second-order valence-electron chi connectivity index (χ2n) is 7.35. The molecule has 0 aliphatic carbocycles. The van der Waals surface area contributed by atoms with E-state index in [1.54, 1.807) is 26.0 Å². The van der Waals surface area contributed by atoms with E-state index in [9.17, 15) is 23.4 Å². The molecule has 0 spiro atoms. The number of amides is 1. The summed E-state index contributed by atoms with van der Waals surface area (Å²) in [4.78, 5) is 25.3. The van der Waals surface area contributed by atoms with Gasteiger partial charge in [-0.15, -0.1) is 0 Å². The largest absolute Gasteiger partial charge is 0.492 e. The number of benzene rings is 2. The zero-order valence-electron chi connectivity index (χ0n) is 16.6. The van der Waals surface area contributed by atoms with Crippen molar-refractivity contribution in [2.24, 2.45) is 5.92 Å². The average Bonchev–Trinajstić information content (AvgIpc) is 3.10. The van der Waals surface area contributed by atoms with Gasteiger partial charge in [-0.05, 0) is 28.6 Å². The Labute approximate surface area is 173 Å². The van der Waals surface area contributed by atoms with Gasteiger partial charge in [0.05, 0.1) is 6.61 Å². The van der Waals surface area contributed by atoms with E-state index >= 15 is 0 Å². The second kappa shape index (κ2) is 9.36. The molecule has 0 saturated carbocycles. The number of hydrogen-bond acceptors (Lipinski definition) is 5. The van der Waals surface area contributed by atoms with Crippen LogP contribution in [0.25, 0.3) is 0 Å². The Morgan fingerprint density at radius 3 is 2.53 bits per heavy atom. The molecule has 0 fully saturated rings. The fraction of sp³-hybridized carbons (Fsp3) is 0.333. The first-order chi connectivity index (χ1) is 14.3. The summed E-state index contributed by atoms with van der Waals surface area (Å²) in [5, 5.41) is 12.4. The number of carbonyl (C=O) groups excluding carboxylic acids is 2. The Morgan fingerprint density at radius 2 is 1.90 bits per heavy atom. The van der Waals surface area contributed by atoms with Crippen molar-refractivity contribution < 1.29 is 32.8 Å². The van der Waals surface area contributed by atoms with Crippen LogP contribution >= 0.6 is 0 Å². The van der Waals surface area contributed by atoms with Gasteiger partial charge in [0.15, 0.2) is 0 Å². The first-order valence-electron chi connectivity index (χ1n) is 9.54. The molecule has 2 N–H and O–H groups in total. The molecule has 0 saturated heterocycles. The van der Waals surface area contributed by atoms with Gasteiger partial charge >= 0.3 is 13.1 Å². The molecule has 1 aliphatic rings. The van der Waals surface area contributed by atoms with Crippen molar-refractivity contribution >= 4 is 24.5 Å². The Hall–Kier alpha value is -2.78. The maximum Gasteiger partial charge on any atom is 0.492 e. The molecule has 1 unspecified atom stereocenters. The standard InChI is InChI=1S/C21H22BF2NO5/c1-12(2)18(21(27)29-10-13-6-4-3-5-7-13)25-20(26)15-9-8-14-11-30-22(28)17(14)16(15)19(23)24/h3-9,12,18-19,28H,10-11H2,1-2H3,(H,25,26). The SMILES string of the molecule is CC(C)C(NC(=O)c1ccc2c(c1C(F)F)B(O)OC2)C(=O)OCc1ccccc1. The van der Waals surface area contributed by atoms with Crippen molar-refractivity contribution in [3.63, 3.8) is 0 Å². The predicted octanol–water partition coefficient (Wildman–Crippen LogP) is 2.34. The molecule has 0 radical (unpaired) electrons. The summed E-state index contributed by atoms with van der Waals surface area (Å²) < 4.78 is 37.8. The number of alkyl halides is 2. The van der Waals surface area contributed by atoms with Crippen LogP contribution in [-0.2, 0) is 27.4 Å². The third kappa shape index (κ3) is 4.68. The lowest BCUT2D eigenvalue weighted by molar-refractivity contribution is -0.148. The molecule has 3 rings (SSSR count). The highest BCUT2D eigenvalue weighted by molar-refractivity contribution is 6.62. The zero-order valence-corrected chi connectivity index (χ0v) is 16.6. The smallest absolute Gasteiger partial charge is 0.459 e. The van der Waals surface area contributed by atoms with E-state index in [-0.39, 0.29) is 30.2 Å². The molecule has 158 valence electrons. The van der Waals surface area contributed by atoms with Crippen molar-refractivity contribution in [1.29, 1.82) is 0 Å². The molecule has 6 nitrogen and oxygen atoms in total. The summed E-state index contributed by atoms with van der Waals surface area (Å²) in [5.41, 5.74) is 0.194. The summed E-state index contributed by atoms with van der Waals surface area (Å²) >= 11 is 0. The van der Waals surface area contributed by atoms with Crippen LogP contribution in [0.5, 0.6) is 0 Å². The van der Waals surface area contributed by atoms with Crippen molar-refractivity contribution in [1.82, 2.24) is 5.32 Å². The number of halogens is 2. The summed E-state index contributed by atoms with van der Waals surface area (Å²) in [6, 6.07) is 10.7. The van der Waals surface area contributed by atoms with Gasteiger partial charge in [-0.3, -0.25) is 4.79 Å². The number of hydrogen-bond donors (Lipinski definition) is 2. The van der Waals surface area contributed by atoms with E-state index < -0.39 is 37.0 Å². The maximum atomic E-state index is 13.7. The van der Waals surface area contributed by atoms with E-state index in [1.165, 1.54) is 12.1 Å². The van der Waals surface area contributed by atoms with Crippen LogP contribution in [0.2, 0.25) is 0 Å². The van der Waals surface area contributed by atoms with E-state index in [4.69, 9.17) is 9.39 Å². The summed E-state index contributed by atoms with van der Waals surface area (Å²) in [7, 11) is -1.52. The van der Waals surface area contributed by atoms with Crippen LogP contribution in [0.1, 0.15) is 47.3 Å². The number of esters is 1. The normalized spacial score (nSPS) is 14.0. The number of nitrogens with one attached hydrogen (secondary N) is 1. The third-order valence-electron chi connectivity index (χ3n) is 4.92. The number of carbonyl (C=O) groups is 2. The highest BCUT2D eigenvalue weighted by atomic mass is 19.3. The van der Waals surface area contributed by atoms with E-state index in [2.05, 4.69) is 5.32 Å². The second-order valence-corrected chi connectivity index (χ2v) is 7.35. The van der Waals surface area contributed by atoms with Crippen LogP contribution in [0, 0.1) is 5.92 Å². The number of ether oxygens (including phenoxy) is 1. The topological polar surface area (TPSA) is 84.9 Å². The molecular weight excluding hydrogens is 395 g/mol. The molecular formula is C21H22BF2NO5. The van der Waals surface area contributed by atoms with Gasteiger partial charge in [-0.1, -0.05) is 50.2 Å². The highest BCUT2D eigenvalue weighted by Crippen LogP contribution is 2.26. The monoisotopic (exact) mass is 417 g/mol. The molecule has 30 heavy (non-hydrogen) atoms. The number of fused-ring (bicyclic) bond motifs is 1. The summed E-state index contributed by atoms with van der Waals surface area (Å²) in [6.07, 6.45) is -3.00. The zero-order chi connectivity index (χ0) is 21.8. The lowest BCUT2D eigenvalue weighted by Crippen LogP contribution is -2.46. The molecule has 2 aromatic carbocycles. The molecule has 1 aliphatic heterocycles. The minimum absolute atomic E-state index is 0.0153. The molecule has 0 bridgehead atoms. The molecule has 2 aromatic rings. The molecule has 1 heterocycles. The van der Waals surface area contributed by atoms with Crippen molar-refractivity contribution in [2.75, 3.05) is 0 Å². The lowest BCUT2D eigenvalue weighted by atomic mass is 9.74. The summed E-state index contributed by atoms with van der Waals surface area (Å²) in [5.74, 6) is -1.84. The Morgan fingerprint density at radius 1 is 1.20 bits per heavy atom. The number of rotatable bonds is 7. The van der Waals surface area contributed by atoms with Gasteiger partial charge in [0.1, 0.15) is 12.6 Å². The Kier molecular flexibility index (Phi) is 6.84. The Bertz CT molecular complexity index is 923. The van der Waals surface area contributed by atoms with Gasteiger partial charge in [0.25, 0.3) is 12.3 Å². The first-order valence-corrected chi connectivity index (χ1v) is 9.54. The van der Waals surface area contributed by atoms with Gasteiger partial charge in [-0.25, -0.2) is 13.6 Å². The highest BCUT2D eigenvalue weighted by Gasteiger charge is 2.36. The van der Waals surface area contributed by atoms with Gasteiger partial charge in [0.2, 0.25) is 0 Å². The van der Waals surface area contributed by atoms with Crippen molar-refractivity contribution in [2.45, 2.75) is 39.5 Å². The molecule has 1 amide bonds. The van der Waals surface area contributed by atoms with Crippen LogP contribution in [-0.4, -0.2) is 30.1 Å². The third-order valence-corrected chi connectivity index (χ3v) is 4.92. The van der Waals surface area contributed by atoms with Crippen LogP contribution in [0.3, 0.4) is 0 Å². The summed E-state index contributed by atoms with van der Waals surface area (Å²) in [6.45, 7) is 3.44. The fourth-order valence-corrected chi connectivity index (χ4v) is 3.32. The van der Waals surface area contributed by atoms with Crippen LogP contribution in [0.15, 0.2) is 42.5 Å². The van der Waals surface area contributed by atoms with Crippen molar-refractivity contribution in [3.8, 4) is 0 Å². The van der Waals surface area contributed by atoms with E-state index in [1.807, 2.05) is 18.2 Å². The van der Waals surface area contributed by atoms with Gasteiger partial charge in [-0.2, -0.15) is 0 Å². The molecule has 0 aromatic heterocycles. The first kappa shape index (κ1) is 21.9. The average molecular weight is 417 g/mol. The van der Waals surface area contributed by atoms with E-state index in [0.29, 0.717) is 5.56 Å². The molecule has 1 atom stereocenters. The predicted molar refractivity (Wildman–Crippen MR) is 106 cm³/mol. The minimum Gasteiger partial charge on any atom is -0.459 e. The molecule has 9 heteroatoms. The quantitative estimate of drug-likeness (QED) is 0.534. The van der Waals surface area contributed by atoms with Crippen LogP contribution in [0.4, 0.5) is 8.78 Å². The van der Waals surface area contributed by atoms with E-state index in [0.717, 1.165) is 5.56 Å². The van der Waals surface area contributed by atoms with Gasteiger partial charge in [0, 0.05) is 11.1 Å². The lowest BCUT2D eigenvalue weighted by Gasteiger charge is -2.22. The van der Waals surface area contributed by atoms with Crippen molar-refractivity contribution in [3.05, 3.63) is 64.7 Å².